The third-order valence-corrected chi connectivity index (χ3v) is 8.11. The summed E-state index contributed by atoms with van der Waals surface area (Å²) in [6.45, 7) is 4.71. The summed E-state index contributed by atoms with van der Waals surface area (Å²) in [7, 11) is 0. The largest absolute Gasteiger partial charge is 0.351 e. The van der Waals surface area contributed by atoms with Gasteiger partial charge in [0.05, 0.1) is 24.7 Å². The molecule has 2 aliphatic carbocycles. The van der Waals surface area contributed by atoms with Crippen LogP contribution in [0.3, 0.4) is 0 Å². The Morgan fingerprint density at radius 1 is 1.29 bits per heavy atom. The molecule has 166 valence electrons. The first-order valence-electron chi connectivity index (χ1n) is 10.8. The Morgan fingerprint density at radius 3 is 2.71 bits per heavy atom. The average molecular weight is 430 g/mol. The van der Waals surface area contributed by atoms with Gasteiger partial charge in [0.1, 0.15) is 18.0 Å². The lowest BCUT2D eigenvalue weighted by atomic mass is 9.83. The molecular weight excluding hydrogens is 402 g/mol. The fourth-order valence-electron chi connectivity index (χ4n) is 5.72. The first-order chi connectivity index (χ1) is 14.6. The van der Waals surface area contributed by atoms with Gasteiger partial charge in [0.15, 0.2) is 0 Å². The van der Waals surface area contributed by atoms with Crippen molar-refractivity contribution >= 4 is 11.8 Å². The number of alkyl halides is 1. The highest BCUT2D eigenvalue weighted by Gasteiger charge is 2.75. The highest BCUT2D eigenvalue weighted by atomic mass is 19.1. The van der Waals surface area contributed by atoms with E-state index in [0.717, 1.165) is 19.3 Å². The highest BCUT2D eigenvalue weighted by molar-refractivity contribution is 5.94. The number of carbonyl (C=O) groups is 2. The van der Waals surface area contributed by atoms with Gasteiger partial charge in [0.2, 0.25) is 5.91 Å². The predicted octanol–water partition coefficient (Wildman–Crippen LogP) is 2.56. The van der Waals surface area contributed by atoms with Crippen molar-refractivity contribution in [2.24, 2.45) is 10.8 Å². The summed E-state index contributed by atoms with van der Waals surface area (Å²) in [5.41, 5.74) is -0.492. The summed E-state index contributed by atoms with van der Waals surface area (Å²) in [5, 5.41) is 15.5. The molecule has 1 saturated heterocycles. The van der Waals surface area contributed by atoms with Gasteiger partial charge in [-0.15, -0.1) is 0 Å². The van der Waals surface area contributed by atoms with Crippen LogP contribution >= 0.6 is 0 Å². The van der Waals surface area contributed by atoms with Crippen LogP contribution in [0.4, 0.5) is 8.78 Å². The second-order valence-electron chi connectivity index (χ2n) is 9.66. The summed E-state index contributed by atoms with van der Waals surface area (Å²) < 4.78 is 27.5. The van der Waals surface area contributed by atoms with Gasteiger partial charge in [-0.1, -0.05) is 19.1 Å². The van der Waals surface area contributed by atoms with Crippen LogP contribution in [-0.2, 0) is 4.79 Å². The molecule has 6 nitrogen and oxygen atoms in total. The topological polar surface area (TPSA) is 85.2 Å². The number of hydrogen-bond acceptors (Lipinski definition) is 4. The van der Waals surface area contributed by atoms with Gasteiger partial charge in [-0.2, -0.15) is 5.26 Å². The van der Waals surface area contributed by atoms with E-state index < -0.39 is 23.9 Å². The van der Waals surface area contributed by atoms with Crippen LogP contribution in [0.5, 0.6) is 0 Å². The minimum Gasteiger partial charge on any atom is -0.351 e. The molecule has 1 unspecified atom stereocenters. The molecule has 0 spiro atoms. The first kappa shape index (κ1) is 21.7. The summed E-state index contributed by atoms with van der Waals surface area (Å²) in [6, 6.07) is 7.22. The number of benzene rings is 1. The minimum atomic E-state index is -1.15. The molecule has 4 rings (SSSR count). The maximum atomic E-state index is 13.9. The number of nitrogens with one attached hydrogen (secondary N) is 2. The lowest BCUT2D eigenvalue weighted by molar-refractivity contribution is -0.130. The zero-order chi connectivity index (χ0) is 22.4. The minimum absolute atomic E-state index is 0.0290. The van der Waals surface area contributed by atoms with E-state index in [0.29, 0.717) is 6.54 Å². The first-order valence-corrected chi connectivity index (χ1v) is 10.8. The molecule has 1 aromatic carbocycles. The third kappa shape index (κ3) is 3.49. The summed E-state index contributed by atoms with van der Waals surface area (Å²) >= 11 is 0. The molecule has 0 aromatic heterocycles. The Labute approximate surface area is 181 Å². The summed E-state index contributed by atoms with van der Waals surface area (Å²) in [4.78, 5) is 26.4. The number of nitriles is 1. The van der Waals surface area contributed by atoms with Crippen LogP contribution < -0.4 is 10.6 Å². The van der Waals surface area contributed by atoms with Gasteiger partial charge < -0.3 is 15.5 Å². The van der Waals surface area contributed by atoms with Gasteiger partial charge in [-0.05, 0) is 49.1 Å². The van der Waals surface area contributed by atoms with Gasteiger partial charge in [0.25, 0.3) is 5.91 Å². The van der Waals surface area contributed by atoms with Crippen LogP contribution in [0, 0.1) is 28.0 Å². The molecule has 8 heteroatoms. The van der Waals surface area contributed by atoms with Crippen molar-refractivity contribution in [2.75, 3.05) is 19.6 Å². The molecular formula is C23H28F2N4O2. The fraction of sp³-hybridized carbons (Fsp3) is 0.609. The molecule has 1 aromatic rings. The second-order valence-corrected chi connectivity index (χ2v) is 9.66. The summed E-state index contributed by atoms with van der Waals surface area (Å²) in [6.07, 6.45) is 1.53. The Kier molecular flexibility index (Phi) is 5.29. The monoisotopic (exact) mass is 430 g/mol. The maximum absolute atomic E-state index is 13.9. The Morgan fingerprint density at radius 2 is 2.03 bits per heavy atom. The van der Waals surface area contributed by atoms with E-state index in [1.807, 2.05) is 6.07 Å². The molecule has 0 radical (unpaired) electrons. The molecule has 1 heterocycles. The number of nitrogens with zero attached hydrogens (tertiary/aromatic N) is 2. The van der Waals surface area contributed by atoms with Crippen molar-refractivity contribution in [3.05, 3.63) is 35.6 Å². The molecule has 2 amide bonds. The molecule has 3 aliphatic rings. The van der Waals surface area contributed by atoms with Crippen molar-refractivity contribution in [2.45, 2.75) is 57.3 Å². The number of likely N-dealkylation sites (tertiary alicyclic amines) is 1. The average Bonchev–Trinajstić information content (AvgIpc) is 3.07. The Hall–Kier alpha value is -2.53. The van der Waals surface area contributed by atoms with E-state index >= 15 is 0 Å². The molecule has 31 heavy (non-hydrogen) atoms. The van der Waals surface area contributed by atoms with E-state index in [1.54, 1.807) is 12.1 Å². The molecule has 2 N–H and O–H groups in total. The smallest absolute Gasteiger partial charge is 0.254 e. The van der Waals surface area contributed by atoms with Crippen LogP contribution in [0.25, 0.3) is 0 Å². The number of hydrogen-bond donors (Lipinski definition) is 2. The van der Waals surface area contributed by atoms with E-state index in [-0.39, 0.29) is 47.3 Å². The fourth-order valence-corrected chi connectivity index (χ4v) is 5.72. The lowest BCUT2D eigenvalue weighted by Crippen LogP contribution is -2.52. The number of fused-ring (bicyclic) bond motifs is 1. The predicted molar refractivity (Wildman–Crippen MR) is 110 cm³/mol. The lowest BCUT2D eigenvalue weighted by Gasteiger charge is -2.35. The molecule has 1 aliphatic heterocycles. The van der Waals surface area contributed by atoms with Crippen molar-refractivity contribution in [3.63, 3.8) is 0 Å². The summed E-state index contributed by atoms with van der Waals surface area (Å²) in [5.74, 6) is -1.22. The molecule has 0 bridgehead atoms. The van der Waals surface area contributed by atoms with Crippen molar-refractivity contribution in [1.82, 2.24) is 15.5 Å². The zero-order valence-corrected chi connectivity index (χ0v) is 17.9. The quantitative estimate of drug-likeness (QED) is 0.727. The molecule has 5 atom stereocenters. The highest BCUT2D eigenvalue weighted by Crippen LogP contribution is 2.76. The van der Waals surface area contributed by atoms with E-state index in [1.165, 1.54) is 17.0 Å². The van der Waals surface area contributed by atoms with Crippen LogP contribution in [0.1, 0.15) is 49.9 Å². The number of rotatable bonds is 6. The number of amides is 2. The van der Waals surface area contributed by atoms with E-state index in [2.05, 4.69) is 24.5 Å². The molecule has 2 saturated carbocycles. The van der Waals surface area contributed by atoms with E-state index in [9.17, 15) is 23.6 Å². The Bertz CT molecular complexity index is 946. The molecule has 3 fully saturated rings. The van der Waals surface area contributed by atoms with E-state index in [4.69, 9.17) is 0 Å². The third-order valence-electron chi connectivity index (χ3n) is 8.11. The van der Waals surface area contributed by atoms with Crippen molar-refractivity contribution < 1.29 is 18.4 Å². The van der Waals surface area contributed by atoms with Gasteiger partial charge in [0, 0.05) is 18.5 Å². The van der Waals surface area contributed by atoms with Gasteiger partial charge >= 0.3 is 0 Å². The van der Waals surface area contributed by atoms with Crippen molar-refractivity contribution in [3.8, 4) is 6.07 Å². The van der Waals surface area contributed by atoms with Crippen LogP contribution in [-0.4, -0.2) is 54.1 Å². The standard InChI is InChI=1S/C23H28F2N4O2/c1-21-13-23(21,14-27-20(31)17-5-3-4-6-18(17)25)8-7-22(21,2)28-11-19(30)29-12-15(24)9-16(29)10-26/h3-6,15-16,28H,7-9,11-14H2,1-2H3,(H,27,31)/t15-,16-,21?,22+,23-/m0/s1. The number of halogens is 2. The van der Waals surface area contributed by atoms with Gasteiger partial charge in [-0.3, -0.25) is 9.59 Å². The SMILES string of the molecule is CC12C[C@]1(CNC(=O)c1ccccc1F)CC[C@@]2(C)NCC(=O)N1C[C@@H](F)C[C@H]1C#N. The zero-order valence-electron chi connectivity index (χ0n) is 17.9. The van der Waals surface area contributed by atoms with Crippen molar-refractivity contribution in [1.29, 1.82) is 5.26 Å². The normalized spacial score (nSPS) is 36.0. The van der Waals surface area contributed by atoms with Crippen LogP contribution in [0.2, 0.25) is 0 Å². The second kappa shape index (κ2) is 7.56. The maximum Gasteiger partial charge on any atom is 0.254 e. The Balaban J connectivity index is 1.35. The van der Waals surface area contributed by atoms with Crippen LogP contribution in [0.15, 0.2) is 24.3 Å². The van der Waals surface area contributed by atoms with Gasteiger partial charge in [-0.25, -0.2) is 8.78 Å². The number of carbonyl (C=O) groups excluding carboxylic acids is 2.